The third-order valence-electron chi connectivity index (χ3n) is 4.23. The molecule has 2 heterocycles. The second-order valence-corrected chi connectivity index (χ2v) is 5.76. The molecule has 0 spiro atoms. The third kappa shape index (κ3) is 3.54. The molecule has 22 heavy (non-hydrogen) atoms. The summed E-state index contributed by atoms with van der Waals surface area (Å²) < 4.78 is 18.8. The largest absolute Gasteiger partial charge is 0.439 e. The summed E-state index contributed by atoms with van der Waals surface area (Å²) in [5.41, 5.74) is 0.825. The van der Waals surface area contributed by atoms with E-state index in [-0.39, 0.29) is 12.4 Å². The maximum absolute atomic E-state index is 13.0. The molecule has 0 saturated carbocycles. The molecule has 4 nitrogen and oxygen atoms in total. The zero-order chi connectivity index (χ0) is 15.4. The number of hydrogen-bond donors (Lipinski definition) is 1. The van der Waals surface area contributed by atoms with Crippen LogP contribution < -0.4 is 0 Å². The second kappa shape index (κ2) is 7.03. The first kappa shape index (κ1) is 15.2. The second-order valence-electron chi connectivity index (χ2n) is 5.76. The van der Waals surface area contributed by atoms with E-state index in [0.29, 0.717) is 24.2 Å². The molecule has 1 atom stereocenters. The van der Waals surface area contributed by atoms with Crippen LogP contribution in [0.4, 0.5) is 4.39 Å². The number of oxazole rings is 1. The molecule has 1 N–H and O–H groups in total. The summed E-state index contributed by atoms with van der Waals surface area (Å²) in [6, 6.07) is 6.61. The summed E-state index contributed by atoms with van der Waals surface area (Å²) in [6.07, 6.45) is 5.99. The van der Waals surface area contributed by atoms with Gasteiger partial charge in [0.1, 0.15) is 5.82 Å². The van der Waals surface area contributed by atoms with Gasteiger partial charge in [-0.2, -0.15) is 0 Å². The first-order valence-electron chi connectivity index (χ1n) is 7.82. The fourth-order valence-corrected chi connectivity index (χ4v) is 3.05. The maximum Gasteiger partial charge on any atom is 0.209 e. The van der Waals surface area contributed by atoms with Gasteiger partial charge in [-0.25, -0.2) is 9.37 Å². The van der Waals surface area contributed by atoms with Crippen molar-refractivity contribution in [3.63, 3.8) is 0 Å². The molecular formula is C17H21FN2O2. The highest BCUT2D eigenvalue weighted by molar-refractivity contribution is 5.55. The number of nitrogens with zero attached hydrogens (tertiary/aromatic N) is 2. The van der Waals surface area contributed by atoms with Gasteiger partial charge in [0.15, 0.2) is 5.76 Å². The summed E-state index contributed by atoms with van der Waals surface area (Å²) >= 11 is 0. The fraction of sp³-hybridized carbons (Fsp3) is 0.471. The van der Waals surface area contributed by atoms with Crippen molar-refractivity contribution in [2.75, 3.05) is 13.2 Å². The monoisotopic (exact) mass is 304 g/mol. The summed E-state index contributed by atoms with van der Waals surface area (Å²) in [4.78, 5) is 6.67. The molecule has 1 fully saturated rings. The predicted molar refractivity (Wildman–Crippen MR) is 81.6 cm³/mol. The van der Waals surface area contributed by atoms with Crippen LogP contribution in [0.1, 0.15) is 31.6 Å². The van der Waals surface area contributed by atoms with Crippen LogP contribution in [0.2, 0.25) is 0 Å². The average molecular weight is 304 g/mol. The number of aliphatic hydroxyl groups excluding tert-OH is 1. The Kier molecular flexibility index (Phi) is 4.85. The number of aromatic nitrogens is 1. The average Bonchev–Trinajstić information content (AvgIpc) is 2.99. The molecule has 0 amide bonds. The highest BCUT2D eigenvalue weighted by atomic mass is 19.1. The third-order valence-corrected chi connectivity index (χ3v) is 4.23. The molecule has 0 bridgehead atoms. The van der Waals surface area contributed by atoms with Crippen molar-refractivity contribution in [2.45, 2.75) is 38.3 Å². The summed E-state index contributed by atoms with van der Waals surface area (Å²) in [6.45, 7) is 1.89. The lowest BCUT2D eigenvalue weighted by molar-refractivity contribution is 0.103. The normalized spacial score (nSPS) is 19.5. The van der Waals surface area contributed by atoms with Gasteiger partial charge < -0.3 is 9.52 Å². The van der Waals surface area contributed by atoms with Crippen molar-refractivity contribution >= 4 is 0 Å². The smallest absolute Gasteiger partial charge is 0.209 e. The zero-order valence-corrected chi connectivity index (χ0v) is 12.5. The van der Waals surface area contributed by atoms with E-state index in [9.17, 15) is 9.50 Å². The topological polar surface area (TPSA) is 49.5 Å². The van der Waals surface area contributed by atoms with E-state index in [0.717, 1.165) is 24.9 Å². The molecule has 1 aliphatic heterocycles. The SMILES string of the molecule is OCCC1CCCCN1Cc1ncc(-c2ccc(F)cc2)o1. The van der Waals surface area contributed by atoms with E-state index < -0.39 is 0 Å². The van der Waals surface area contributed by atoms with Crippen LogP contribution in [0.5, 0.6) is 0 Å². The molecule has 118 valence electrons. The lowest BCUT2D eigenvalue weighted by atomic mass is 10.00. The van der Waals surface area contributed by atoms with Gasteiger partial charge in [-0.05, 0) is 50.1 Å². The number of hydrogen-bond acceptors (Lipinski definition) is 4. The van der Waals surface area contributed by atoms with Crippen LogP contribution in [-0.2, 0) is 6.54 Å². The van der Waals surface area contributed by atoms with Crippen LogP contribution in [0.3, 0.4) is 0 Å². The fourth-order valence-electron chi connectivity index (χ4n) is 3.05. The molecule has 1 aromatic carbocycles. The summed E-state index contributed by atoms with van der Waals surface area (Å²) in [7, 11) is 0. The van der Waals surface area contributed by atoms with Crippen LogP contribution in [0.25, 0.3) is 11.3 Å². The molecule has 1 aliphatic rings. The minimum absolute atomic E-state index is 0.216. The first-order valence-corrected chi connectivity index (χ1v) is 7.82. The number of benzene rings is 1. The maximum atomic E-state index is 13.0. The van der Waals surface area contributed by atoms with Crippen LogP contribution in [-0.4, -0.2) is 34.2 Å². The van der Waals surface area contributed by atoms with Gasteiger partial charge >= 0.3 is 0 Å². The number of rotatable bonds is 5. The van der Waals surface area contributed by atoms with E-state index in [2.05, 4.69) is 9.88 Å². The molecule has 5 heteroatoms. The molecule has 3 rings (SSSR count). The van der Waals surface area contributed by atoms with Gasteiger partial charge in [-0.1, -0.05) is 6.42 Å². The zero-order valence-electron chi connectivity index (χ0n) is 12.5. The predicted octanol–water partition coefficient (Wildman–Crippen LogP) is 3.22. The lowest BCUT2D eigenvalue weighted by Gasteiger charge is -2.34. The number of likely N-dealkylation sites (tertiary alicyclic amines) is 1. The minimum Gasteiger partial charge on any atom is -0.439 e. The van der Waals surface area contributed by atoms with Gasteiger partial charge in [0.2, 0.25) is 5.89 Å². The molecule has 1 unspecified atom stereocenters. The Morgan fingerprint density at radius 2 is 2.09 bits per heavy atom. The Balaban J connectivity index is 1.69. The van der Waals surface area contributed by atoms with E-state index in [1.807, 2.05) is 0 Å². The summed E-state index contributed by atoms with van der Waals surface area (Å²) in [5, 5.41) is 9.18. The Labute approximate surface area is 129 Å². The van der Waals surface area contributed by atoms with Gasteiger partial charge in [-0.15, -0.1) is 0 Å². The van der Waals surface area contributed by atoms with Crippen molar-refractivity contribution in [1.82, 2.24) is 9.88 Å². The van der Waals surface area contributed by atoms with Gasteiger partial charge in [0.25, 0.3) is 0 Å². The molecule has 2 aromatic rings. The molecule has 1 saturated heterocycles. The number of piperidine rings is 1. The summed E-state index contributed by atoms with van der Waals surface area (Å²) in [5.74, 6) is 1.07. The van der Waals surface area contributed by atoms with E-state index in [1.54, 1.807) is 18.3 Å². The van der Waals surface area contributed by atoms with E-state index in [4.69, 9.17) is 4.42 Å². The quantitative estimate of drug-likeness (QED) is 0.921. The van der Waals surface area contributed by atoms with Gasteiger partial charge in [0.05, 0.1) is 12.7 Å². The van der Waals surface area contributed by atoms with E-state index in [1.165, 1.54) is 25.0 Å². The molecule has 0 aliphatic carbocycles. The Morgan fingerprint density at radius 1 is 1.27 bits per heavy atom. The molecule has 1 aromatic heterocycles. The van der Waals surface area contributed by atoms with Crippen molar-refractivity contribution in [3.8, 4) is 11.3 Å². The highest BCUT2D eigenvalue weighted by Crippen LogP contribution is 2.24. The minimum atomic E-state index is -0.261. The Morgan fingerprint density at radius 3 is 2.86 bits per heavy atom. The van der Waals surface area contributed by atoms with Crippen molar-refractivity contribution in [3.05, 3.63) is 42.2 Å². The molecular weight excluding hydrogens is 283 g/mol. The van der Waals surface area contributed by atoms with Crippen molar-refractivity contribution < 1.29 is 13.9 Å². The molecule has 0 radical (unpaired) electrons. The standard InChI is InChI=1S/C17H21FN2O2/c18-14-6-4-13(5-7-14)16-11-19-17(22-16)12-20-9-2-1-3-15(20)8-10-21/h4-7,11,15,21H,1-3,8-10,12H2. The highest BCUT2D eigenvalue weighted by Gasteiger charge is 2.23. The number of halogens is 1. The van der Waals surface area contributed by atoms with Gasteiger partial charge in [0, 0.05) is 18.2 Å². The van der Waals surface area contributed by atoms with Crippen molar-refractivity contribution in [2.24, 2.45) is 0 Å². The van der Waals surface area contributed by atoms with E-state index >= 15 is 0 Å². The first-order chi connectivity index (χ1) is 10.8. The van der Waals surface area contributed by atoms with Crippen LogP contribution in [0.15, 0.2) is 34.9 Å². The van der Waals surface area contributed by atoms with Crippen LogP contribution >= 0.6 is 0 Å². The number of aliphatic hydroxyl groups is 1. The Hall–Kier alpha value is -1.72. The van der Waals surface area contributed by atoms with Gasteiger partial charge in [-0.3, -0.25) is 4.90 Å². The Bertz CT molecular complexity index is 595. The van der Waals surface area contributed by atoms with Crippen molar-refractivity contribution in [1.29, 1.82) is 0 Å². The lowest BCUT2D eigenvalue weighted by Crippen LogP contribution is -2.39. The van der Waals surface area contributed by atoms with Crippen LogP contribution in [0, 0.1) is 5.82 Å².